The number of hydrogen-bond donors (Lipinski definition) is 2. The highest BCUT2D eigenvalue weighted by Crippen LogP contribution is 2.33. The van der Waals surface area contributed by atoms with E-state index in [-0.39, 0.29) is 0 Å². The largest absolute Gasteiger partial charge is 0.480 e. The monoisotopic (exact) mass is 253 g/mol. The number of carbonyl (C=O) groups is 1. The topological polar surface area (TPSA) is 63.3 Å². The zero-order chi connectivity index (χ0) is 12.9. The quantitative estimate of drug-likeness (QED) is 0.765. The molecule has 0 atom stereocenters. The summed E-state index contributed by atoms with van der Waals surface area (Å²) in [5.74, 6) is -0.796. The van der Waals surface area contributed by atoms with Crippen molar-refractivity contribution in [3.05, 3.63) is 29.8 Å². The van der Waals surface area contributed by atoms with E-state index in [2.05, 4.69) is 0 Å². The first-order valence-electron chi connectivity index (χ1n) is 5.67. The SMILES string of the molecule is CC(C)(Sc1cccc(CCCN)c1)C(=O)O. The number of thioether (sulfide) groups is 1. The van der Waals surface area contributed by atoms with E-state index >= 15 is 0 Å². The lowest BCUT2D eigenvalue weighted by Gasteiger charge is -2.18. The van der Waals surface area contributed by atoms with Crippen LogP contribution in [0.2, 0.25) is 0 Å². The molecule has 4 heteroatoms. The lowest BCUT2D eigenvalue weighted by atomic mass is 10.1. The van der Waals surface area contributed by atoms with Gasteiger partial charge in [0.2, 0.25) is 0 Å². The minimum Gasteiger partial charge on any atom is -0.480 e. The lowest BCUT2D eigenvalue weighted by molar-refractivity contribution is -0.138. The minimum absolute atomic E-state index is 0.679. The molecule has 0 saturated carbocycles. The molecule has 0 saturated heterocycles. The van der Waals surface area contributed by atoms with E-state index in [1.54, 1.807) is 13.8 Å². The smallest absolute Gasteiger partial charge is 0.319 e. The standard InChI is InChI=1S/C13H19NO2S/c1-13(2,12(15)16)17-11-7-3-5-10(9-11)6-4-8-14/h3,5,7,9H,4,6,8,14H2,1-2H3,(H,15,16). The van der Waals surface area contributed by atoms with E-state index in [1.165, 1.54) is 17.3 Å². The van der Waals surface area contributed by atoms with Gasteiger partial charge in [0, 0.05) is 4.90 Å². The van der Waals surface area contributed by atoms with Crippen molar-refractivity contribution in [3.63, 3.8) is 0 Å². The molecule has 0 aliphatic rings. The van der Waals surface area contributed by atoms with Crippen LogP contribution in [0.25, 0.3) is 0 Å². The van der Waals surface area contributed by atoms with Crippen LogP contribution in [0.3, 0.4) is 0 Å². The Morgan fingerprint density at radius 1 is 1.47 bits per heavy atom. The van der Waals surface area contributed by atoms with E-state index in [4.69, 9.17) is 10.8 Å². The van der Waals surface area contributed by atoms with Gasteiger partial charge < -0.3 is 10.8 Å². The van der Waals surface area contributed by atoms with Crippen LogP contribution in [0, 0.1) is 0 Å². The highest BCUT2D eigenvalue weighted by Gasteiger charge is 2.28. The molecule has 3 N–H and O–H groups in total. The molecule has 0 amide bonds. The van der Waals surface area contributed by atoms with Crippen LogP contribution < -0.4 is 5.73 Å². The molecule has 1 rings (SSSR count). The van der Waals surface area contributed by atoms with Gasteiger partial charge in [0.15, 0.2) is 0 Å². The van der Waals surface area contributed by atoms with Crippen molar-refractivity contribution >= 4 is 17.7 Å². The molecule has 94 valence electrons. The third kappa shape index (κ3) is 4.40. The summed E-state index contributed by atoms with van der Waals surface area (Å²) in [6.45, 7) is 4.11. The third-order valence-electron chi connectivity index (χ3n) is 2.46. The molecule has 0 bridgehead atoms. The predicted octanol–water partition coefficient (Wildman–Crippen LogP) is 2.53. The number of carboxylic acids is 1. The van der Waals surface area contributed by atoms with Crippen LogP contribution >= 0.6 is 11.8 Å². The zero-order valence-corrected chi connectivity index (χ0v) is 11.1. The first kappa shape index (κ1) is 14.1. The van der Waals surface area contributed by atoms with Crippen molar-refractivity contribution in [2.45, 2.75) is 36.3 Å². The molecule has 1 aromatic carbocycles. The van der Waals surface area contributed by atoms with Gasteiger partial charge in [-0.15, -0.1) is 11.8 Å². The van der Waals surface area contributed by atoms with Gasteiger partial charge in [0.05, 0.1) is 0 Å². The maximum atomic E-state index is 11.0. The normalized spacial score (nSPS) is 11.5. The zero-order valence-electron chi connectivity index (χ0n) is 10.3. The second-order valence-electron chi connectivity index (χ2n) is 4.46. The molecule has 0 spiro atoms. The second kappa shape index (κ2) is 6.07. The van der Waals surface area contributed by atoms with Crippen molar-refractivity contribution in [3.8, 4) is 0 Å². The van der Waals surface area contributed by atoms with Crippen molar-refractivity contribution < 1.29 is 9.90 Å². The Labute approximate surface area is 106 Å². The summed E-state index contributed by atoms with van der Waals surface area (Å²) in [5.41, 5.74) is 6.68. The van der Waals surface area contributed by atoms with Gasteiger partial charge in [-0.1, -0.05) is 12.1 Å². The Morgan fingerprint density at radius 2 is 2.18 bits per heavy atom. The molecule has 0 heterocycles. The Hall–Kier alpha value is -1.00. The molecule has 0 fully saturated rings. The molecule has 3 nitrogen and oxygen atoms in total. The van der Waals surface area contributed by atoms with E-state index in [9.17, 15) is 4.79 Å². The van der Waals surface area contributed by atoms with Gasteiger partial charge in [-0.05, 0) is 50.9 Å². The molecular formula is C13H19NO2S. The van der Waals surface area contributed by atoms with Gasteiger partial charge in [-0.3, -0.25) is 4.79 Å². The number of carboxylic acid groups (broad SMARTS) is 1. The summed E-state index contributed by atoms with van der Waals surface area (Å²) in [6.07, 6.45) is 1.90. The molecule has 0 aromatic heterocycles. The first-order chi connectivity index (χ1) is 7.95. The molecule has 0 radical (unpaired) electrons. The Morgan fingerprint density at radius 3 is 2.76 bits per heavy atom. The molecule has 0 unspecified atom stereocenters. The molecular weight excluding hydrogens is 234 g/mol. The van der Waals surface area contributed by atoms with Gasteiger partial charge >= 0.3 is 5.97 Å². The number of rotatable bonds is 6. The Kier molecular flexibility index (Phi) is 5.02. The fourth-order valence-corrected chi connectivity index (χ4v) is 2.44. The molecule has 17 heavy (non-hydrogen) atoms. The number of nitrogens with two attached hydrogens (primary N) is 1. The van der Waals surface area contributed by atoms with Gasteiger partial charge in [0.1, 0.15) is 4.75 Å². The van der Waals surface area contributed by atoms with Gasteiger partial charge in [-0.25, -0.2) is 0 Å². The highest BCUT2D eigenvalue weighted by atomic mass is 32.2. The van der Waals surface area contributed by atoms with E-state index < -0.39 is 10.7 Å². The van der Waals surface area contributed by atoms with Crippen molar-refractivity contribution in [2.75, 3.05) is 6.54 Å². The Balaban J connectivity index is 2.75. The predicted molar refractivity (Wildman–Crippen MR) is 71.4 cm³/mol. The fraction of sp³-hybridized carbons (Fsp3) is 0.462. The van der Waals surface area contributed by atoms with E-state index in [0.717, 1.165) is 17.7 Å². The summed E-state index contributed by atoms with van der Waals surface area (Å²) < 4.78 is -0.799. The number of hydrogen-bond acceptors (Lipinski definition) is 3. The fourth-order valence-electron chi connectivity index (χ4n) is 1.41. The average Bonchev–Trinajstić information content (AvgIpc) is 2.26. The molecule has 0 aliphatic carbocycles. The van der Waals surface area contributed by atoms with Crippen LogP contribution in [-0.2, 0) is 11.2 Å². The first-order valence-corrected chi connectivity index (χ1v) is 6.49. The Bertz CT molecular complexity index is 391. The van der Waals surface area contributed by atoms with Crippen molar-refractivity contribution in [1.82, 2.24) is 0 Å². The highest BCUT2D eigenvalue weighted by molar-refractivity contribution is 8.01. The summed E-state index contributed by atoms with van der Waals surface area (Å²) in [5, 5.41) is 9.08. The summed E-state index contributed by atoms with van der Waals surface area (Å²) >= 11 is 1.37. The average molecular weight is 253 g/mol. The maximum Gasteiger partial charge on any atom is 0.319 e. The van der Waals surface area contributed by atoms with Gasteiger partial charge in [-0.2, -0.15) is 0 Å². The molecule has 0 aliphatic heterocycles. The van der Waals surface area contributed by atoms with Crippen LogP contribution in [0.5, 0.6) is 0 Å². The van der Waals surface area contributed by atoms with Crippen LogP contribution in [-0.4, -0.2) is 22.4 Å². The number of aliphatic carboxylic acids is 1. The summed E-state index contributed by atoms with van der Waals surface area (Å²) in [4.78, 5) is 12.0. The summed E-state index contributed by atoms with van der Waals surface area (Å²) in [6, 6.07) is 8.01. The second-order valence-corrected chi connectivity index (χ2v) is 6.15. The van der Waals surface area contributed by atoms with E-state index in [1.807, 2.05) is 24.3 Å². The van der Waals surface area contributed by atoms with Crippen molar-refractivity contribution in [2.24, 2.45) is 5.73 Å². The van der Waals surface area contributed by atoms with Crippen molar-refractivity contribution in [1.29, 1.82) is 0 Å². The lowest BCUT2D eigenvalue weighted by Crippen LogP contribution is -2.26. The summed E-state index contributed by atoms with van der Waals surface area (Å²) in [7, 11) is 0. The third-order valence-corrected chi connectivity index (χ3v) is 3.63. The van der Waals surface area contributed by atoms with Crippen LogP contribution in [0.1, 0.15) is 25.8 Å². The molecule has 1 aromatic rings. The van der Waals surface area contributed by atoms with Gasteiger partial charge in [0.25, 0.3) is 0 Å². The van der Waals surface area contributed by atoms with Crippen LogP contribution in [0.15, 0.2) is 29.2 Å². The minimum atomic E-state index is -0.799. The van der Waals surface area contributed by atoms with E-state index in [0.29, 0.717) is 6.54 Å². The maximum absolute atomic E-state index is 11.0. The van der Waals surface area contributed by atoms with Crippen LogP contribution in [0.4, 0.5) is 0 Å². The number of aryl methyl sites for hydroxylation is 1. The number of benzene rings is 1.